The quantitative estimate of drug-likeness (QED) is 0.367. The third-order valence-corrected chi connectivity index (χ3v) is 6.82. The van der Waals surface area contributed by atoms with E-state index in [1.807, 2.05) is 37.3 Å². The molecule has 0 aromatic carbocycles. The summed E-state index contributed by atoms with van der Waals surface area (Å²) < 4.78 is 17.9. The standard InChI is InChI=1S/C29H37NO5/c1-19-14-20(2)16-25(31)29-27(35-29)18-26(21(3)17-22-8-4-5-13-30-22)34-28(32)12-7-10-23-9-6-11-24(15-19)33-23/h4-9,12-13,17,19,23-27,29,31H,2,10-11,14-16,18H2,1,3H3/t19-,23-,24-,25-,26-,27-,29-/m0/s1. The lowest BCUT2D eigenvalue weighted by Gasteiger charge is -2.28. The van der Waals surface area contributed by atoms with Crippen LogP contribution < -0.4 is 0 Å². The van der Waals surface area contributed by atoms with Crippen LogP contribution in [-0.4, -0.2) is 52.7 Å². The van der Waals surface area contributed by atoms with Gasteiger partial charge >= 0.3 is 5.97 Å². The summed E-state index contributed by atoms with van der Waals surface area (Å²) in [4.78, 5) is 17.0. The SMILES string of the molecule is C=C1C[C@H](C)C[C@@H]2CC=C[C@@H](CC=CC(=O)O[C@H](C(C)=Cc3ccccn3)C[C@@H]3O[C@H]3[C@@H](O)C1)O2. The highest BCUT2D eigenvalue weighted by Crippen LogP contribution is 2.35. The first-order valence-electron chi connectivity index (χ1n) is 12.7. The number of epoxide rings is 1. The van der Waals surface area contributed by atoms with Gasteiger partial charge in [0.05, 0.1) is 30.1 Å². The molecule has 1 aromatic rings. The predicted molar refractivity (Wildman–Crippen MR) is 135 cm³/mol. The highest BCUT2D eigenvalue weighted by atomic mass is 16.6. The van der Waals surface area contributed by atoms with E-state index in [4.69, 9.17) is 14.2 Å². The van der Waals surface area contributed by atoms with Gasteiger partial charge in [-0.1, -0.05) is 43.4 Å². The molecule has 0 amide bonds. The number of hydrogen-bond donors (Lipinski definition) is 1. The summed E-state index contributed by atoms with van der Waals surface area (Å²) in [7, 11) is 0. The van der Waals surface area contributed by atoms with Crippen LogP contribution in [0.25, 0.3) is 6.08 Å². The van der Waals surface area contributed by atoms with Crippen LogP contribution in [0.5, 0.6) is 0 Å². The van der Waals surface area contributed by atoms with Crippen molar-refractivity contribution < 1.29 is 24.1 Å². The van der Waals surface area contributed by atoms with Crippen LogP contribution >= 0.6 is 0 Å². The summed E-state index contributed by atoms with van der Waals surface area (Å²) in [5, 5.41) is 10.8. The molecule has 0 unspecified atom stereocenters. The second-order valence-electron chi connectivity index (χ2n) is 10.1. The van der Waals surface area contributed by atoms with Crippen molar-refractivity contribution in [3.05, 3.63) is 72.1 Å². The smallest absolute Gasteiger partial charge is 0.331 e. The summed E-state index contributed by atoms with van der Waals surface area (Å²) in [5.41, 5.74) is 2.70. The Morgan fingerprint density at radius 1 is 1.17 bits per heavy atom. The predicted octanol–water partition coefficient (Wildman–Crippen LogP) is 4.95. The van der Waals surface area contributed by atoms with E-state index in [0.29, 0.717) is 25.2 Å². The second-order valence-corrected chi connectivity index (χ2v) is 10.1. The summed E-state index contributed by atoms with van der Waals surface area (Å²) in [6.45, 7) is 8.35. The van der Waals surface area contributed by atoms with Crippen molar-refractivity contribution in [3.63, 3.8) is 0 Å². The average Bonchev–Trinajstić information content (AvgIpc) is 3.58. The minimum absolute atomic E-state index is 0.0453. The van der Waals surface area contributed by atoms with Gasteiger partial charge in [-0.15, -0.1) is 0 Å². The normalized spacial score (nSPS) is 34.9. The van der Waals surface area contributed by atoms with Crippen LogP contribution in [0.4, 0.5) is 0 Å². The number of carbonyl (C=O) groups excluding carboxylic acids is 1. The summed E-state index contributed by atoms with van der Waals surface area (Å²) in [6.07, 6.45) is 14.1. The minimum atomic E-state index is -0.617. The van der Waals surface area contributed by atoms with E-state index in [-0.39, 0.29) is 24.4 Å². The molecule has 0 aliphatic carbocycles. The molecule has 7 atom stereocenters. The van der Waals surface area contributed by atoms with Crippen LogP contribution in [0.2, 0.25) is 0 Å². The fraction of sp³-hybridized carbons (Fsp3) is 0.517. The van der Waals surface area contributed by atoms with Gasteiger partial charge in [-0.25, -0.2) is 4.79 Å². The maximum atomic E-state index is 12.7. The Hall–Kier alpha value is -2.54. The van der Waals surface area contributed by atoms with E-state index in [1.54, 1.807) is 6.20 Å². The van der Waals surface area contributed by atoms with Gasteiger partial charge in [-0.05, 0) is 68.7 Å². The lowest BCUT2D eigenvalue weighted by molar-refractivity contribution is -0.141. The monoisotopic (exact) mass is 479 g/mol. The number of fused-ring (bicyclic) bond motifs is 3. The van der Waals surface area contributed by atoms with Crippen molar-refractivity contribution in [3.8, 4) is 0 Å². The number of hydrogen-bond acceptors (Lipinski definition) is 6. The van der Waals surface area contributed by atoms with E-state index >= 15 is 0 Å². The Bertz CT molecular complexity index is 969. The summed E-state index contributed by atoms with van der Waals surface area (Å²) in [6, 6.07) is 5.69. The van der Waals surface area contributed by atoms with Gasteiger partial charge in [0, 0.05) is 18.7 Å². The molecule has 6 heteroatoms. The number of aromatic nitrogens is 1. The molecule has 0 radical (unpaired) electrons. The molecule has 1 aromatic heterocycles. The number of rotatable bonds is 2. The minimum Gasteiger partial charge on any atom is -0.455 e. The molecule has 188 valence electrons. The Morgan fingerprint density at radius 2 is 2.03 bits per heavy atom. The van der Waals surface area contributed by atoms with Gasteiger partial charge < -0.3 is 19.3 Å². The number of ether oxygens (including phenoxy) is 3. The Morgan fingerprint density at radius 3 is 2.83 bits per heavy atom. The molecular formula is C29H37NO5. The molecule has 3 aliphatic rings. The Balaban J connectivity index is 1.50. The third-order valence-electron chi connectivity index (χ3n) is 6.82. The lowest BCUT2D eigenvalue weighted by atomic mass is 9.91. The van der Waals surface area contributed by atoms with Crippen LogP contribution in [-0.2, 0) is 19.0 Å². The van der Waals surface area contributed by atoms with E-state index in [9.17, 15) is 9.90 Å². The number of carbonyl (C=O) groups is 1. The molecule has 35 heavy (non-hydrogen) atoms. The molecule has 4 rings (SSSR count). The Kier molecular flexibility index (Phi) is 8.71. The zero-order chi connectivity index (χ0) is 24.8. The summed E-state index contributed by atoms with van der Waals surface area (Å²) in [5.74, 6) is 0.0110. The number of pyridine rings is 1. The molecule has 6 nitrogen and oxygen atoms in total. The molecular weight excluding hydrogens is 442 g/mol. The largest absolute Gasteiger partial charge is 0.455 e. The van der Waals surface area contributed by atoms with Gasteiger partial charge in [0.15, 0.2) is 0 Å². The van der Waals surface area contributed by atoms with E-state index < -0.39 is 18.2 Å². The third kappa shape index (κ3) is 7.72. The van der Waals surface area contributed by atoms with Crippen LogP contribution in [0.1, 0.15) is 58.1 Å². The number of cyclic esters (lactones) is 1. The van der Waals surface area contributed by atoms with Gasteiger partial charge in [0.1, 0.15) is 12.2 Å². The zero-order valence-corrected chi connectivity index (χ0v) is 20.7. The number of aliphatic hydroxyl groups excluding tert-OH is 1. The van der Waals surface area contributed by atoms with Crippen molar-refractivity contribution >= 4 is 12.0 Å². The molecule has 1 saturated heterocycles. The van der Waals surface area contributed by atoms with Crippen molar-refractivity contribution in [2.24, 2.45) is 5.92 Å². The summed E-state index contributed by atoms with van der Waals surface area (Å²) >= 11 is 0. The highest BCUT2D eigenvalue weighted by molar-refractivity contribution is 5.82. The molecule has 0 spiro atoms. The first-order valence-corrected chi connectivity index (χ1v) is 12.7. The maximum absolute atomic E-state index is 12.7. The zero-order valence-electron chi connectivity index (χ0n) is 20.7. The van der Waals surface area contributed by atoms with Gasteiger partial charge in [0.25, 0.3) is 0 Å². The molecule has 1 N–H and O–H groups in total. The van der Waals surface area contributed by atoms with E-state index in [1.165, 1.54) is 6.08 Å². The molecule has 4 heterocycles. The number of esters is 1. The fourth-order valence-electron chi connectivity index (χ4n) is 5.02. The van der Waals surface area contributed by atoms with E-state index in [2.05, 4.69) is 30.6 Å². The van der Waals surface area contributed by atoms with Crippen LogP contribution in [0.15, 0.2) is 66.4 Å². The fourth-order valence-corrected chi connectivity index (χ4v) is 5.02. The first kappa shape index (κ1) is 25.5. The van der Waals surface area contributed by atoms with Crippen LogP contribution in [0.3, 0.4) is 0 Å². The highest BCUT2D eigenvalue weighted by Gasteiger charge is 2.46. The lowest BCUT2D eigenvalue weighted by Crippen LogP contribution is -2.26. The van der Waals surface area contributed by atoms with Crippen molar-refractivity contribution in [2.45, 2.75) is 89.0 Å². The van der Waals surface area contributed by atoms with Crippen molar-refractivity contribution in [1.82, 2.24) is 4.98 Å². The second kappa shape index (κ2) is 11.9. The van der Waals surface area contributed by atoms with Crippen molar-refractivity contribution in [1.29, 1.82) is 0 Å². The maximum Gasteiger partial charge on any atom is 0.331 e. The topological polar surface area (TPSA) is 81.2 Å². The average molecular weight is 480 g/mol. The van der Waals surface area contributed by atoms with Gasteiger partial charge in [-0.2, -0.15) is 0 Å². The van der Waals surface area contributed by atoms with Crippen LogP contribution in [0, 0.1) is 5.92 Å². The van der Waals surface area contributed by atoms with Gasteiger partial charge in [-0.3, -0.25) is 4.98 Å². The first-order chi connectivity index (χ1) is 16.9. The molecule has 2 bridgehead atoms. The molecule has 0 saturated carbocycles. The Labute approximate surface area is 208 Å². The van der Waals surface area contributed by atoms with Crippen molar-refractivity contribution in [2.75, 3.05) is 0 Å². The molecule has 1 fully saturated rings. The number of aliphatic hydroxyl groups is 1. The van der Waals surface area contributed by atoms with E-state index in [0.717, 1.165) is 36.1 Å². The number of nitrogens with zero attached hydrogens (tertiary/aromatic N) is 1. The van der Waals surface area contributed by atoms with Gasteiger partial charge in [0.2, 0.25) is 0 Å². The molecule has 3 aliphatic heterocycles.